The number of nitrogens with one attached hydrogen (secondary N) is 1. The van der Waals surface area contributed by atoms with Crippen molar-refractivity contribution in [3.05, 3.63) is 35.6 Å². The summed E-state index contributed by atoms with van der Waals surface area (Å²) >= 11 is 0. The number of halogens is 1. The van der Waals surface area contributed by atoms with Gasteiger partial charge in [-0.3, -0.25) is 0 Å². The molecule has 3 heteroatoms. The molecule has 0 aliphatic rings. The summed E-state index contributed by atoms with van der Waals surface area (Å²) in [4.78, 5) is 2.21. The third-order valence-electron chi connectivity index (χ3n) is 3.95. The molecule has 0 amide bonds. The summed E-state index contributed by atoms with van der Waals surface area (Å²) in [5, 5.41) is 3.49. The summed E-state index contributed by atoms with van der Waals surface area (Å²) in [6.45, 7) is 7.33. The van der Waals surface area contributed by atoms with Crippen molar-refractivity contribution < 1.29 is 4.39 Å². The maximum absolute atomic E-state index is 13.4. The molecule has 0 fully saturated rings. The Morgan fingerprint density at radius 2 is 2.00 bits per heavy atom. The summed E-state index contributed by atoms with van der Waals surface area (Å²) in [6.07, 6.45) is 0.994. The second-order valence-corrected chi connectivity index (χ2v) is 5.15. The predicted molar refractivity (Wildman–Crippen MR) is 75.2 cm³/mol. The van der Waals surface area contributed by atoms with Crippen LogP contribution in [0.4, 0.5) is 4.39 Å². The van der Waals surface area contributed by atoms with Gasteiger partial charge in [0.1, 0.15) is 5.82 Å². The van der Waals surface area contributed by atoms with E-state index in [-0.39, 0.29) is 17.4 Å². The average molecular weight is 252 g/mol. The van der Waals surface area contributed by atoms with Gasteiger partial charge in [-0.2, -0.15) is 0 Å². The Bertz CT molecular complexity index is 379. The van der Waals surface area contributed by atoms with Crippen molar-refractivity contribution >= 4 is 0 Å². The fourth-order valence-corrected chi connectivity index (χ4v) is 2.37. The molecule has 18 heavy (non-hydrogen) atoms. The Morgan fingerprint density at radius 3 is 2.44 bits per heavy atom. The smallest absolute Gasteiger partial charge is 0.123 e. The van der Waals surface area contributed by atoms with E-state index in [1.54, 1.807) is 12.1 Å². The van der Waals surface area contributed by atoms with Crippen LogP contribution in [0.2, 0.25) is 0 Å². The van der Waals surface area contributed by atoms with Crippen LogP contribution < -0.4 is 5.32 Å². The fourth-order valence-electron chi connectivity index (χ4n) is 2.37. The van der Waals surface area contributed by atoms with Crippen LogP contribution in [0.1, 0.15) is 38.8 Å². The quantitative estimate of drug-likeness (QED) is 0.836. The number of nitrogens with zero attached hydrogens (tertiary/aromatic N) is 1. The normalized spacial score (nSPS) is 16.6. The first-order chi connectivity index (χ1) is 8.45. The Balaban J connectivity index is 3.16. The maximum atomic E-state index is 13.4. The van der Waals surface area contributed by atoms with E-state index in [0.29, 0.717) is 0 Å². The minimum Gasteiger partial charge on any atom is -0.309 e. The van der Waals surface area contributed by atoms with E-state index in [9.17, 15) is 4.39 Å². The summed E-state index contributed by atoms with van der Waals surface area (Å²) in [6, 6.07) is 7.02. The number of benzene rings is 1. The van der Waals surface area contributed by atoms with Crippen LogP contribution in [-0.2, 0) is 0 Å². The van der Waals surface area contributed by atoms with Crippen molar-refractivity contribution in [2.24, 2.45) is 0 Å². The van der Waals surface area contributed by atoms with Gasteiger partial charge in [0.15, 0.2) is 0 Å². The molecule has 0 bridgehead atoms. The minimum atomic E-state index is -0.174. The van der Waals surface area contributed by atoms with Gasteiger partial charge in [0.05, 0.1) is 6.04 Å². The van der Waals surface area contributed by atoms with Crippen molar-refractivity contribution in [1.29, 1.82) is 0 Å². The Kier molecular flexibility index (Phi) is 5.29. The first-order valence-electron chi connectivity index (χ1n) is 6.62. The number of likely N-dealkylation sites (N-methyl/N-ethyl adjacent to an activating group) is 2. The zero-order valence-electron chi connectivity index (χ0n) is 12.1. The van der Waals surface area contributed by atoms with Crippen LogP contribution >= 0.6 is 0 Å². The second kappa shape index (κ2) is 6.30. The molecule has 2 nitrogen and oxygen atoms in total. The highest BCUT2D eigenvalue weighted by Crippen LogP contribution is 2.32. The van der Waals surface area contributed by atoms with E-state index in [2.05, 4.69) is 45.1 Å². The lowest BCUT2D eigenvalue weighted by atomic mass is 9.83. The SMILES string of the molecule is CCNC(c1cccc(F)c1)C(C)(CC)N(C)C. The van der Waals surface area contributed by atoms with Gasteiger partial charge in [0.2, 0.25) is 0 Å². The third-order valence-corrected chi connectivity index (χ3v) is 3.95. The van der Waals surface area contributed by atoms with E-state index >= 15 is 0 Å². The summed E-state index contributed by atoms with van der Waals surface area (Å²) in [5.41, 5.74) is 0.971. The standard InChI is InChI=1S/C15H25FN2/c1-6-15(3,18(4)5)14(17-7-2)12-9-8-10-13(16)11-12/h8-11,14,17H,6-7H2,1-5H3. The molecule has 0 saturated heterocycles. The van der Waals surface area contributed by atoms with Crippen molar-refractivity contribution in [2.75, 3.05) is 20.6 Å². The van der Waals surface area contributed by atoms with Crippen molar-refractivity contribution in [1.82, 2.24) is 10.2 Å². The molecule has 1 aromatic carbocycles. The van der Waals surface area contributed by atoms with Crippen molar-refractivity contribution in [3.8, 4) is 0 Å². The number of rotatable bonds is 6. The van der Waals surface area contributed by atoms with E-state index in [0.717, 1.165) is 18.5 Å². The lowest BCUT2D eigenvalue weighted by Gasteiger charge is -2.43. The lowest BCUT2D eigenvalue weighted by molar-refractivity contribution is 0.113. The van der Waals surface area contributed by atoms with E-state index in [4.69, 9.17) is 0 Å². The van der Waals surface area contributed by atoms with Gasteiger partial charge in [-0.25, -0.2) is 4.39 Å². The summed E-state index contributed by atoms with van der Waals surface area (Å²) in [5.74, 6) is -0.174. The van der Waals surface area contributed by atoms with Gasteiger partial charge >= 0.3 is 0 Å². The van der Waals surface area contributed by atoms with Crippen LogP contribution in [0.5, 0.6) is 0 Å². The molecule has 0 aliphatic heterocycles. The molecule has 2 unspecified atom stereocenters. The molecule has 2 atom stereocenters. The average Bonchev–Trinajstić information content (AvgIpc) is 2.34. The molecule has 1 aromatic rings. The Hall–Kier alpha value is -0.930. The molecule has 0 saturated carbocycles. The monoisotopic (exact) mass is 252 g/mol. The highest BCUT2D eigenvalue weighted by Gasteiger charge is 2.35. The van der Waals surface area contributed by atoms with Crippen LogP contribution in [0, 0.1) is 5.82 Å². The molecule has 1 rings (SSSR count). The van der Waals surface area contributed by atoms with E-state index < -0.39 is 0 Å². The topological polar surface area (TPSA) is 15.3 Å². The van der Waals surface area contributed by atoms with E-state index in [1.165, 1.54) is 6.07 Å². The van der Waals surface area contributed by atoms with Crippen LogP contribution in [-0.4, -0.2) is 31.1 Å². The van der Waals surface area contributed by atoms with Crippen LogP contribution in [0.3, 0.4) is 0 Å². The largest absolute Gasteiger partial charge is 0.309 e. The molecular formula is C15H25FN2. The molecule has 1 N–H and O–H groups in total. The summed E-state index contributed by atoms with van der Waals surface area (Å²) in [7, 11) is 4.15. The third kappa shape index (κ3) is 3.09. The van der Waals surface area contributed by atoms with Crippen molar-refractivity contribution in [2.45, 2.75) is 38.8 Å². The Morgan fingerprint density at radius 1 is 1.33 bits per heavy atom. The highest BCUT2D eigenvalue weighted by molar-refractivity contribution is 5.24. The zero-order valence-corrected chi connectivity index (χ0v) is 12.1. The number of hydrogen-bond donors (Lipinski definition) is 1. The van der Waals surface area contributed by atoms with Gasteiger partial charge in [0.25, 0.3) is 0 Å². The zero-order chi connectivity index (χ0) is 13.8. The molecule has 0 spiro atoms. The van der Waals surface area contributed by atoms with E-state index in [1.807, 2.05) is 6.07 Å². The molecule has 0 aliphatic carbocycles. The molecule has 0 heterocycles. The minimum absolute atomic E-state index is 0.0379. The molecule has 0 radical (unpaired) electrons. The maximum Gasteiger partial charge on any atom is 0.123 e. The molecular weight excluding hydrogens is 227 g/mol. The highest BCUT2D eigenvalue weighted by atomic mass is 19.1. The number of hydrogen-bond acceptors (Lipinski definition) is 2. The van der Waals surface area contributed by atoms with Gasteiger partial charge in [-0.15, -0.1) is 0 Å². The van der Waals surface area contributed by atoms with Gasteiger partial charge in [-0.1, -0.05) is 26.0 Å². The predicted octanol–water partition coefficient (Wildman–Crippen LogP) is 3.21. The lowest BCUT2D eigenvalue weighted by Crippen LogP contribution is -2.51. The first kappa shape index (κ1) is 15.1. The van der Waals surface area contributed by atoms with Crippen molar-refractivity contribution in [3.63, 3.8) is 0 Å². The van der Waals surface area contributed by atoms with Gasteiger partial charge in [-0.05, 0) is 51.7 Å². The summed E-state index contributed by atoms with van der Waals surface area (Å²) < 4.78 is 13.4. The van der Waals surface area contributed by atoms with Gasteiger partial charge in [0, 0.05) is 5.54 Å². The molecule has 0 aromatic heterocycles. The van der Waals surface area contributed by atoms with Crippen LogP contribution in [0.25, 0.3) is 0 Å². The van der Waals surface area contributed by atoms with Crippen LogP contribution in [0.15, 0.2) is 24.3 Å². The molecule has 102 valence electrons. The Labute approximate surface area is 110 Å². The fraction of sp³-hybridized carbons (Fsp3) is 0.600. The second-order valence-electron chi connectivity index (χ2n) is 5.15. The first-order valence-corrected chi connectivity index (χ1v) is 6.62. The van der Waals surface area contributed by atoms with Gasteiger partial charge < -0.3 is 10.2 Å².